The van der Waals surface area contributed by atoms with E-state index in [1.165, 1.54) is 27.4 Å². The summed E-state index contributed by atoms with van der Waals surface area (Å²) in [5.74, 6) is 1.75. The molecule has 0 N–H and O–H groups in total. The van der Waals surface area contributed by atoms with Crippen molar-refractivity contribution in [2.75, 3.05) is 4.90 Å². The van der Waals surface area contributed by atoms with E-state index in [0.717, 1.165) is 83.5 Å². The van der Waals surface area contributed by atoms with Gasteiger partial charge >= 0.3 is 0 Å². The fourth-order valence-electron chi connectivity index (χ4n) is 10.6. The van der Waals surface area contributed by atoms with Crippen LogP contribution in [0.25, 0.3) is 111 Å². The number of hydrogen-bond donors (Lipinski definition) is 0. The molecule has 1 aliphatic rings. The van der Waals surface area contributed by atoms with E-state index < -0.39 is 0 Å². The van der Waals surface area contributed by atoms with E-state index >= 15 is 0 Å². The third-order valence-electron chi connectivity index (χ3n) is 13.7. The quantitative estimate of drug-likeness (QED) is 0.167. The lowest BCUT2D eigenvalue weighted by Gasteiger charge is -2.28. The molecule has 14 rings (SSSR count). The minimum absolute atomic E-state index is 0.540. The first kappa shape index (κ1) is 38.8. The Morgan fingerprint density at radius 3 is 1.43 bits per heavy atom. The second-order valence-electron chi connectivity index (χ2n) is 17.6. The zero-order chi connectivity index (χ0) is 45.4. The van der Waals surface area contributed by atoms with Gasteiger partial charge in [-0.3, -0.25) is 4.57 Å². The first-order valence-electron chi connectivity index (χ1n) is 23.4. The molecule has 0 atom stereocenters. The van der Waals surface area contributed by atoms with Crippen molar-refractivity contribution in [3.05, 3.63) is 243 Å². The van der Waals surface area contributed by atoms with Gasteiger partial charge in [0.15, 0.2) is 11.6 Å². The average molecular weight is 881 g/mol. The van der Waals surface area contributed by atoms with E-state index in [-0.39, 0.29) is 0 Å². The molecular formula is C63H40N6. The van der Waals surface area contributed by atoms with Crippen LogP contribution in [0.15, 0.2) is 243 Å². The third kappa shape index (κ3) is 6.16. The summed E-state index contributed by atoms with van der Waals surface area (Å²) in [4.78, 5) is 18.4. The number of anilines is 3. The molecule has 6 nitrogen and oxygen atoms in total. The molecule has 0 radical (unpaired) electrons. The van der Waals surface area contributed by atoms with Crippen LogP contribution in [0, 0.1) is 0 Å². The molecule has 1 aliphatic heterocycles. The summed E-state index contributed by atoms with van der Waals surface area (Å²) < 4.78 is 4.66. The van der Waals surface area contributed by atoms with Gasteiger partial charge < -0.3 is 9.47 Å². The number of rotatable bonds is 6. The van der Waals surface area contributed by atoms with Gasteiger partial charge in [-0.05, 0) is 82.9 Å². The molecule has 0 saturated heterocycles. The highest BCUT2D eigenvalue weighted by atomic mass is 15.2. The molecule has 13 aromatic rings. The van der Waals surface area contributed by atoms with Gasteiger partial charge in [-0.2, -0.15) is 9.97 Å². The first-order valence-corrected chi connectivity index (χ1v) is 23.4. The molecule has 6 heteroatoms. The fraction of sp³-hybridized carbons (Fsp3) is 0. The highest BCUT2D eigenvalue weighted by Crippen LogP contribution is 2.54. The Morgan fingerprint density at radius 2 is 0.783 bits per heavy atom. The van der Waals surface area contributed by atoms with E-state index in [1.54, 1.807) is 0 Å². The second kappa shape index (κ2) is 15.6. The molecule has 3 aromatic heterocycles. The van der Waals surface area contributed by atoms with Crippen molar-refractivity contribution in [1.29, 1.82) is 0 Å². The highest BCUT2D eigenvalue weighted by Gasteiger charge is 2.31. The monoisotopic (exact) mass is 880 g/mol. The fourth-order valence-corrected chi connectivity index (χ4v) is 10.6. The van der Waals surface area contributed by atoms with Crippen LogP contribution in [0.3, 0.4) is 0 Å². The van der Waals surface area contributed by atoms with Gasteiger partial charge in [0.25, 0.3) is 0 Å². The molecule has 322 valence electrons. The molecule has 0 spiro atoms. The highest BCUT2D eigenvalue weighted by molar-refractivity contribution is 6.20. The van der Waals surface area contributed by atoms with Crippen molar-refractivity contribution in [2.24, 2.45) is 0 Å². The Bertz CT molecular complexity index is 4060. The van der Waals surface area contributed by atoms with Crippen LogP contribution >= 0.6 is 0 Å². The van der Waals surface area contributed by atoms with Crippen molar-refractivity contribution in [3.63, 3.8) is 0 Å². The van der Waals surface area contributed by atoms with Crippen molar-refractivity contribution in [1.82, 2.24) is 24.1 Å². The SMILES string of the molecule is c1ccc(-c2nc(-c3ccccc3)nc(-n3c4ccc(-c5ccc6c(c5)c5ccccc5n6-c5ccccc5)cc4c4ccc5c(c43)N(c3ccccc3)c3ccccc3-c3ccccc3-5)n2)cc1. The zero-order valence-electron chi connectivity index (χ0n) is 37.3. The van der Waals surface area contributed by atoms with Gasteiger partial charge in [0.2, 0.25) is 5.95 Å². The minimum Gasteiger partial charge on any atom is -0.309 e. The van der Waals surface area contributed by atoms with E-state index in [0.29, 0.717) is 17.6 Å². The summed E-state index contributed by atoms with van der Waals surface area (Å²) in [6.07, 6.45) is 0. The Balaban J connectivity index is 1.10. The molecule has 0 fully saturated rings. The molecular weight excluding hydrogens is 841 g/mol. The number of hydrogen-bond acceptors (Lipinski definition) is 4. The maximum absolute atomic E-state index is 5.42. The molecule has 0 saturated carbocycles. The maximum Gasteiger partial charge on any atom is 0.238 e. The average Bonchev–Trinajstić information content (AvgIpc) is 3.90. The van der Waals surface area contributed by atoms with E-state index in [4.69, 9.17) is 15.0 Å². The van der Waals surface area contributed by atoms with E-state index in [1.807, 2.05) is 36.4 Å². The van der Waals surface area contributed by atoms with Gasteiger partial charge in [0, 0.05) is 55.2 Å². The van der Waals surface area contributed by atoms with Crippen LogP contribution in [0.2, 0.25) is 0 Å². The summed E-state index contributed by atoms with van der Waals surface area (Å²) in [7, 11) is 0. The van der Waals surface area contributed by atoms with Gasteiger partial charge in [-0.25, -0.2) is 4.98 Å². The number of para-hydroxylation sites is 4. The smallest absolute Gasteiger partial charge is 0.238 e. The topological polar surface area (TPSA) is 51.8 Å². The van der Waals surface area contributed by atoms with Crippen molar-refractivity contribution >= 4 is 60.7 Å². The zero-order valence-corrected chi connectivity index (χ0v) is 37.3. The van der Waals surface area contributed by atoms with Crippen LogP contribution in [0.4, 0.5) is 17.1 Å². The lowest BCUT2D eigenvalue weighted by atomic mass is 9.94. The van der Waals surface area contributed by atoms with Crippen molar-refractivity contribution in [3.8, 4) is 67.8 Å². The van der Waals surface area contributed by atoms with Gasteiger partial charge in [-0.1, -0.05) is 182 Å². The molecule has 4 heterocycles. The molecule has 0 bridgehead atoms. The predicted octanol–water partition coefficient (Wildman–Crippen LogP) is 16.2. The summed E-state index contributed by atoms with van der Waals surface area (Å²) >= 11 is 0. The molecule has 10 aromatic carbocycles. The minimum atomic E-state index is 0.540. The Hall–Kier alpha value is -9.39. The summed E-state index contributed by atoms with van der Waals surface area (Å²) in [5, 5.41) is 4.62. The number of aromatic nitrogens is 5. The Morgan fingerprint density at radius 1 is 0.290 bits per heavy atom. The van der Waals surface area contributed by atoms with Crippen LogP contribution in [0.1, 0.15) is 0 Å². The van der Waals surface area contributed by atoms with E-state index in [2.05, 4.69) is 220 Å². The normalized spacial score (nSPS) is 12.0. The molecule has 69 heavy (non-hydrogen) atoms. The van der Waals surface area contributed by atoms with Crippen LogP contribution in [-0.2, 0) is 0 Å². The number of fused-ring (bicyclic) bond motifs is 12. The molecule has 0 unspecified atom stereocenters. The second-order valence-corrected chi connectivity index (χ2v) is 17.6. The first-order chi connectivity index (χ1) is 34.2. The van der Waals surface area contributed by atoms with E-state index in [9.17, 15) is 0 Å². The van der Waals surface area contributed by atoms with Crippen LogP contribution < -0.4 is 4.90 Å². The van der Waals surface area contributed by atoms with Gasteiger partial charge in [-0.15, -0.1) is 0 Å². The molecule has 0 amide bonds. The summed E-state index contributed by atoms with van der Waals surface area (Å²) in [6, 6.07) is 86.5. The van der Waals surface area contributed by atoms with Crippen LogP contribution in [0.5, 0.6) is 0 Å². The van der Waals surface area contributed by atoms with Gasteiger partial charge in [0.1, 0.15) is 0 Å². The third-order valence-corrected chi connectivity index (χ3v) is 13.7. The lowest BCUT2D eigenvalue weighted by Crippen LogP contribution is -2.13. The maximum atomic E-state index is 5.42. The van der Waals surface area contributed by atoms with Crippen LogP contribution in [-0.4, -0.2) is 24.1 Å². The Kier molecular flexibility index (Phi) is 8.79. The summed E-state index contributed by atoms with van der Waals surface area (Å²) in [6.45, 7) is 0. The Labute approximate surface area is 398 Å². The largest absolute Gasteiger partial charge is 0.309 e. The number of benzene rings is 10. The van der Waals surface area contributed by atoms with Crippen molar-refractivity contribution < 1.29 is 0 Å². The lowest BCUT2D eigenvalue weighted by molar-refractivity contribution is 0.953. The van der Waals surface area contributed by atoms with Crippen molar-refractivity contribution in [2.45, 2.75) is 0 Å². The predicted molar refractivity (Wildman–Crippen MR) is 284 cm³/mol. The number of nitrogens with zero attached hydrogens (tertiary/aromatic N) is 6. The standard InChI is InChI=1S/C63H40N6/c1-5-19-41(20-6-1)61-64-62(42-21-7-2-8-22-42)66-63(65-61)69-58-38-34-44(43-33-37-57-53(39-43)50-30-16-17-31-55(50)67(57)45-23-9-3-10-24-45)40-54(58)52-36-35-51-48-28-14-13-27-47(48)49-29-15-18-32-56(49)68(59(51)60(52)69)46-25-11-4-12-26-46/h1-40H. The molecule has 0 aliphatic carbocycles. The summed E-state index contributed by atoms with van der Waals surface area (Å²) in [5.41, 5.74) is 17.4. The van der Waals surface area contributed by atoms with Gasteiger partial charge in [0.05, 0.1) is 33.4 Å².